The van der Waals surface area contributed by atoms with E-state index in [1.54, 1.807) is 11.8 Å². The summed E-state index contributed by atoms with van der Waals surface area (Å²) >= 11 is 6.94. The van der Waals surface area contributed by atoms with Crippen molar-refractivity contribution in [3.63, 3.8) is 0 Å². The monoisotopic (exact) mass is 214 g/mol. The van der Waals surface area contributed by atoms with E-state index in [2.05, 4.69) is 12.1 Å². The van der Waals surface area contributed by atoms with Crippen LogP contribution in [-0.2, 0) is 10.5 Å². The average molecular weight is 215 g/mol. The number of carbonyl (C=O) groups excluding carboxylic acids is 1. The van der Waals surface area contributed by atoms with Crippen LogP contribution in [-0.4, -0.2) is 11.0 Å². The van der Waals surface area contributed by atoms with Crippen LogP contribution in [0.1, 0.15) is 12.0 Å². The van der Waals surface area contributed by atoms with Crippen molar-refractivity contribution < 1.29 is 4.79 Å². The summed E-state index contributed by atoms with van der Waals surface area (Å²) in [6, 6.07) is 10.2. The highest BCUT2D eigenvalue weighted by Crippen LogP contribution is 2.12. The van der Waals surface area contributed by atoms with E-state index in [1.165, 1.54) is 5.56 Å². The van der Waals surface area contributed by atoms with Gasteiger partial charge < -0.3 is 0 Å². The number of carbonyl (C=O) groups is 1. The van der Waals surface area contributed by atoms with Gasteiger partial charge in [0.25, 0.3) is 0 Å². The van der Waals surface area contributed by atoms with Gasteiger partial charge in [-0.3, -0.25) is 4.79 Å². The molecule has 0 aromatic heterocycles. The Kier molecular flexibility index (Phi) is 4.94. The lowest BCUT2D eigenvalue weighted by Crippen LogP contribution is -1.89. The highest BCUT2D eigenvalue weighted by Gasteiger charge is 1.96. The molecule has 3 heteroatoms. The standard InChI is InChI=1S/C10H11ClOS/c11-10(12)6-7-13-8-9-4-2-1-3-5-9/h1-5H,6-8H2. The van der Waals surface area contributed by atoms with Gasteiger partial charge in [0.15, 0.2) is 0 Å². The molecular formula is C10H11ClOS. The van der Waals surface area contributed by atoms with Crippen LogP contribution in [0.25, 0.3) is 0 Å². The van der Waals surface area contributed by atoms with Crippen LogP contribution in [0.4, 0.5) is 0 Å². The Labute approximate surface area is 87.5 Å². The van der Waals surface area contributed by atoms with E-state index >= 15 is 0 Å². The third-order valence-electron chi connectivity index (χ3n) is 1.55. The maximum absolute atomic E-state index is 10.4. The first kappa shape index (κ1) is 10.6. The minimum absolute atomic E-state index is 0.249. The third-order valence-corrected chi connectivity index (χ3v) is 2.77. The smallest absolute Gasteiger partial charge is 0.222 e. The molecule has 0 aliphatic carbocycles. The summed E-state index contributed by atoms with van der Waals surface area (Å²) in [5, 5.41) is -0.249. The fraction of sp³-hybridized carbons (Fsp3) is 0.300. The topological polar surface area (TPSA) is 17.1 Å². The van der Waals surface area contributed by atoms with Crippen molar-refractivity contribution in [2.24, 2.45) is 0 Å². The SMILES string of the molecule is O=C(Cl)CCSCc1ccccc1. The quantitative estimate of drug-likeness (QED) is 0.554. The van der Waals surface area contributed by atoms with Crippen LogP contribution in [0.3, 0.4) is 0 Å². The van der Waals surface area contributed by atoms with Gasteiger partial charge in [-0.1, -0.05) is 30.3 Å². The molecule has 0 spiro atoms. The Morgan fingerprint density at radius 3 is 2.62 bits per heavy atom. The second kappa shape index (κ2) is 6.06. The van der Waals surface area contributed by atoms with Crippen molar-refractivity contribution >= 4 is 28.6 Å². The highest BCUT2D eigenvalue weighted by atomic mass is 35.5. The minimum Gasteiger partial charge on any atom is -0.281 e. The summed E-state index contributed by atoms with van der Waals surface area (Å²) in [6.07, 6.45) is 0.457. The molecule has 0 aliphatic rings. The Hall–Kier alpha value is -0.470. The second-order valence-electron chi connectivity index (χ2n) is 2.64. The Bertz CT molecular complexity index is 261. The molecule has 70 valence electrons. The van der Waals surface area contributed by atoms with Crippen LogP contribution in [0.15, 0.2) is 30.3 Å². The van der Waals surface area contributed by atoms with Crippen molar-refractivity contribution in [1.29, 1.82) is 0 Å². The lowest BCUT2D eigenvalue weighted by molar-refractivity contribution is -0.111. The molecule has 0 unspecified atom stereocenters. The fourth-order valence-electron chi connectivity index (χ4n) is 0.917. The van der Waals surface area contributed by atoms with E-state index in [-0.39, 0.29) is 5.24 Å². The number of halogens is 1. The van der Waals surface area contributed by atoms with Gasteiger partial charge in [-0.05, 0) is 17.2 Å². The fourth-order valence-corrected chi connectivity index (χ4v) is 2.03. The summed E-state index contributed by atoms with van der Waals surface area (Å²) in [5.41, 5.74) is 1.29. The summed E-state index contributed by atoms with van der Waals surface area (Å²) in [6.45, 7) is 0. The summed E-state index contributed by atoms with van der Waals surface area (Å²) < 4.78 is 0. The number of benzene rings is 1. The van der Waals surface area contributed by atoms with Crippen molar-refractivity contribution in [2.75, 3.05) is 5.75 Å². The predicted molar refractivity (Wildman–Crippen MR) is 58.1 cm³/mol. The van der Waals surface area contributed by atoms with Crippen molar-refractivity contribution in [1.82, 2.24) is 0 Å². The van der Waals surface area contributed by atoms with E-state index in [0.717, 1.165) is 11.5 Å². The molecule has 0 heterocycles. The summed E-state index contributed by atoms with van der Waals surface area (Å²) in [7, 11) is 0. The highest BCUT2D eigenvalue weighted by molar-refractivity contribution is 7.98. The second-order valence-corrected chi connectivity index (χ2v) is 4.17. The molecule has 0 saturated carbocycles. The van der Waals surface area contributed by atoms with Gasteiger partial charge in [-0.25, -0.2) is 0 Å². The average Bonchev–Trinajstić information content (AvgIpc) is 2.14. The van der Waals surface area contributed by atoms with E-state index in [0.29, 0.717) is 6.42 Å². The molecule has 0 N–H and O–H groups in total. The van der Waals surface area contributed by atoms with Crippen molar-refractivity contribution in [2.45, 2.75) is 12.2 Å². The number of thioether (sulfide) groups is 1. The van der Waals surface area contributed by atoms with Gasteiger partial charge in [-0.15, -0.1) is 0 Å². The van der Waals surface area contributed by atoms with E-state index < -0.39 is 0 Å². The largest absolute Gasteiger partial charge is 0.281 e. The van der Waals surface area contributed by atoms with Gasteiger partial charge >= 0.3 is 0 Å². The molecule has 1 aromatic carbocycles. The molecule has 1 nitrogen and oxygen atoms in total. The van der Waals surface area contributed by atoms with Crippen LogP contribution in [0.2, 0.25) is 0 Å². The lowest BCUT2D eigenvalue weighted by atomic mass is 10.2. The molecule has 0 fully saturated rings. The Morgan fingerprint density at radius 1 is 1.31 bits per heavy atom. The number of hydrogen-bond acceptors (Lipinski definition) is 2. The summed E-state index contributed by atoms with van der Waals surface area (Å²) in [4.78, 5) is 10.4. The van der Waals surface area contributed by atoms with E-state index in [1.807, 2.05) is 18.2 Å². The molecule has 0 radical (unpaired) electrons. The van der Waals surface area contributed by atoms with E-state index in [4.69, 9.17) is 11.6 Å². The van der Waals surface area contributed by atoms with E-state index in [9.17, 15) is 4.79 Å². The molecule has 0 amide bonds. The first-order chi connectivity index (χ1) is 6.29. The van der Waals surface area contributed by atoms with Crippen molar-refractivity contribution in [3.8, 4) is 0 Å². The first-order valence-electron chi connectivity index (χ1n) is 4.09. The van der Waals surface area contributed by atoms with Crippen LogP contribution in [0.5, 0.6) is 0 Å². The van der Waals surface area contributed by atoms with Crippen LogP contribution < -0.4 is 0 Å². The van der Waals surface area contributed by atoms with Gasteiger partial charge in [0, 0.05) is 17.9 Å². The first-order valence-corrected chi connectivity index (χ1v) is 5.62. The van der Waals surface area contributed by atoms with Gasteiger partial charge in [0.2, 0.25) is 5.24 Å². The van der Waals surface area contributed by atoms with Crippen LogP contribution in [0, 0.1) is 0 Å². The third kappa shape index (κ3) is 4.96. The Morgan fingerprint density at radius 2 is 2.00 bits per heavy atom. The molecule has 1 rings (SSSR count). The molecule has 0 bridgehead atoms. The molecule has 13 heavy (non-hydrogen) atoms. The molecular weight excluding hydrogens is 204 g/mol. The minimum atomic E-state index is -0.249. The number of rotatable bonds is 5. The number of hydrogen-bond donors (Lipinski definition) is 0. The van der Waals surface area contributed by atoms with Gasteiger partial charge in [0.05, 0.1) is 0 Å². The predicted octanol–water partition coefficient (Wildman–Crippen LogP) is 3.08. The van der Waals surface area contributed by atoms with Gasteiger partial charge in [0.1, 0.15) is 0 Å². The zero-order valence-electron chi connectivity index (χ0n) is 7.20. The molecule has 0 aliphatic heterocycles. The maximum atomic E-state index is 10.4. The van der Waals surface area contributed by atoms with Crippen molar-refractivity contribution in [3.05, 3.63) is 35.9 Å². The zero-order chi connectivity index (χ0) is 9.52. The zero-order valence-corrected chi connectivity index (χ0v) is 8.77. The molecule has 1 aromatic rings. The van der Waals surface area contributed by atoms with Crippen LogP contribution >= 0.6 is 23.4 Å². The lowest BCUT2D eigenvalue weighted by Gasteiger charge is -1.98. The summed E-state index contributed by atoms with van der Waals surface area (Å²) in [5.74, 6) is 1.75. The maximum Gasteiger partial charge on any atom is 0.222 e. The molecule has 0 saturated heterocycles. The Balaban J connectivity index is 2.17. The molecule has 0 atom stereocenters. The normalized spacial score (nSPS) is 9.92. The van der Waals surface area contributed by atoms with Gasteiger partial charge in [-0.2, -0.15) is 11.8 Å².